The van der Waals surface area contributed by atoms with Gasteiger partial charge in [-0.1, -0.05) is 6.07 Å². The molecule has 26 heavy (non-hydrogen) atoms. The molecule has 2 amide bonds. The van der Waals surface area contributed by atoms with E-state index in [1.165, 1.54) is 12.8 Å². The molecule has 5 heteroatoms. The zero-order chi connectivity index (χ0) is 18.1. The predicted molar refractivity (Wildman–Crippen MR) is 101 cm³/mol. The molecule has 1 aliphatic heterocycles. The van der Waals surface area contributed by atoms with Crippen LogP contribution in [-0.4, -0.2) is 23.3 Å². The van der Waals surface area contributed by atoms with Gasteiger partial charge in [-0.05, 0) is 67.5 Å². The van der Waals surface area contributed by atoms with Crippen LogP contribution in [0.15, 0.2) is 42.7 Å². The number of carbonyl (C=O) groups excluding carboxylic acids is 2. The first-order valence-electron chi connectivity index (χ1n) is 9.26. The van der Waals surface area contributed by atoms with E-state index >= 15 is 0 Å². The van der Waals surface area contributed by atoms with E-state index < -0.39 is 0 Å². The van der Waals surface area contributed by atoms with E-state index in [0.29, 0.717) is 12.3 Å². The summed E-state index contributed by atoms with van der Waals surface area (Å²) in [4.78, 5) is 30.8. The van der Waals surface area contributed by atoms with Gasteiger partial charge in [0, 0.05) is 36.7 Å². The second kappa shape index (κ2) is 6.90. The Balaban J connectivity index is 1.50. The molecule has 5 nitrogen and oxygen atoms in total. The van der Waals surface area contributed by atoms with Crippen LogP contribution in [0.1, 0.15) is 43.2 Å². The highest BCUT2D eigenvalue weighted by Crippen LogP contribution is 2.36. The van der Waals surface area contributed by atoms with Gasteiger partial charge in [0.1, 0.15) is 0 Å². The number of fused-ring (bicyclic) bond motifs is 1. The van der Waals surface area contributed by atoms with Gasteiger partial charge in [0.05, 0.1) is 5.92 Å². The number of nitrogens with one attached hydrogen (secondary N) is 1. The molecule has 1 atom stereocenters. The van der Waals surface area contributed by atoms with E-state index in [9.17, 15) is 9.59 Å². The lowest BCUT2D eigenvalue weighted by atomic mass is 9.99. The Morgan fingerprint density at radius 3 is 2.88 bits per heavy atom. The van der Waals surface area contributed by atoms with Gasteiger partial charge >= 0.3 is 0 Å². The van der Waals surface area contributed by atoms with Crippen LogP contribution in [0.5, 0.6) is 0 Å². The Morgan fingerprint density at radius 1 is 1.31 bits per heavy atom. The molecule has 1 unspecified atom stereocenters. The first-order valence-corrected chi connectivity index (χ1v) is 9.26. The minimum absolute atomic E-state index is 0.0559. The van der Waals surface area contributed by atoms with Crippen molar-refractivity contribution < 1.29 is 9.59 Å². The van der Waals surface area contributed by atoms with Gasteiger partial charge in [-0.25, -0.2) is 0 Å². The molecule has 1 aromatic heterocycles. The largest absolute Gasteiger partial charge is 0.326 e. The van der Waals surface area contributed by atoms with Crippen LogP contribution in [0.2, 0.25) is 0 Å². The van der Waals surface area contributed by atoms with Crippen molar-refractivity contribution in [3.8, 4) is 0 Å². The summed E-state index contributed by atoms with van der Waals surface area (Å²) in [5.41, 5.74) is 3.82. The normalized spacial score (nSPS) is 17.6. The highest BCUT2D eigenvalue weighted by molar-refractivity contribution is 5.98. The molecule has 2 heterocycles. The van der Waals surface area contributed by atoms with Crippen molar-refractivity contribution in [2.45, 2.75) is 38.5 Å². The van der Waals surface area contributed by atoms with Crippen LogP contribution in [-0.2, 0) is 16.0 Å². The minimum Gasteiger partial charge on any atom is -0.326 e. The van der Waals surface area contributed by atoms with Crippen molar-refractivity contribution in [1.29, 1.82) is 0 Å². The second-order valence-corrected chi connectivity index (χ2v) is 7.29. The molecule has 0 saturated heterocycles. The maximum Gasteiger partial charge on any atom is 0.231 e. The van der Waals surface area contributed by atoms with Crippen molar-refractivity contribution in [1.82, 2.24) is 4.98 Å². The van der Waals surface area contributed by atoms with E-state index in [0.717, 1.165) is 35.5 Å². The summed E-state index contributed by atoms with van der Waals surface area (Å²) in [5.74, 6) is 0.545. The Morgan fingerprint density at radius 2 is 2.15 bits per heavy atom. The molecule has 1 fully saturated rings. The van der Waals surface area contributed by atoms with Gasteiger partial charge in [0.15, 0.2) is 0 Å². The first kappa shape index (κ1) is 16.8. The summed E-state index contributed by atoms with van der Waals surface area (Å²) < 4.78 is 0. The van der Waals surface area contributed by atoms with Crippen LogP contribution in [0.25, 0.3) is 0 Å². The van der Waals surface area contributed by atoms with Crippen LogP contribution in [0, 0.1) is 5.92 Å². The highest BCUT2D eigenvalue weighted by atomic mass is 16.2. The van der Waals surface area contributed by atoms with Gasteiger partial charge in [-0.15, -0.1) is 0 Å². The maximum atomic E-state index is 12.5. The van der Waals surface area contributed by atoms with Crippen molar-refractivity contribution in [3.05, 3.63) is 53.9 Å². The first-order chi connectivity index (χ1) is 12.6. The van der Waals surface area contributed by atoms with Crippen LogP contribution in [0.3, 0.4) is 0 Å². The average Bonchev–Trinajstić information content (AvgIpc) is 3.48. The van der Waals surface area contributed by atoms with Crippen LogP contribution >= 0.6 is 0 Å². The zero-order valence-corrected chi connectivity index (χ0v) is 14.9. The van der Waals surface area contributed by atoms with Crippen molar-refractivity contribution in [2.24, 2.45) is 5.92 Å². The second-order valence-electron chi connectivity index (χ2n) is 7.29. The Labute approximate surface area is 153 Å². The molecule has 0 radical (unpaired) electrons. The summed E-state index contributed by atoms with van der Waals surface area (Å²) in [6.07, 6.45) is 7.14. The van der Waals surface area contributed by atoms with Gasteiger partial charge in [0.25, 0.3) is 0 Å². The fourth-order valence-electron chi connectivity index (χ4n) is 3.43. The van der Waals surface area contributed by atoms with E-state index in [1.807, 2.05) is 42.2 Å². The number of hydrogen-bond acceptors (Lipinski definition) is 3. The Bertz CT molecular complexity index is 830. The average molecular weight is 349 g/mol. The maximum absolute atomic E-state index is 12.5. The number of pyridine rings is 1. The number of rotatable bonds is 5. The van der Waals surface area contributed by atoms with Gasteiger partial charge in [-0.2, -0.15) is 0 Å². The molecule has 2 aliphatic rings. The highest BCUT2D eigenvalue weighted by Gasteiger charge is 2.31. The lowest BCUT2D eigenvalue weighted by Crippen LogP contribution is -2.36. The number of hydrogen-bond donors (Lipinski definition) is 1. The summed E-state index contributed by atoms with van der Waals surface area (Å²) in [6, 6.07) is 9.62. The van der Waals surface area contributed by atoms with E-state index in [-0.39, 0.29) is 17.7 Å². The lowest BCUT2D eigenvalue weighted by molar-refractivity contribution is -0.119. The molecule has 2 aromatic rings. The van der Waals surface area contributed by atoms with Gasteiger partial charge in [-0.3, -0.25) is 14.6 Å². The quantitative estimate of drug-likeness (QED) is 0.898. The van der Waals surface area contributed by atoms with Crippen molar-refractivity contribution in [2.75, 3.05) is 16.8 Å². The monoisotopic (exact) mass is 349 g/mol. The molecular weight excluding hydrogens is 326 g/mol. The van der Waals surface area contributed by atoms with Crippen molar-refractivity contribution >= 4 is 23.2 Å². The summed E-state index contributed by atoms with van der Waals surface area (Å²) in [7, 11) is 0. The molecule has 1 aliphatic carbocycles. The molecule has 1 saturated carbocycles. The topological polar surface area (TPSA) is 62.3 Å². The third kappa shape index (κ3) is 3.47. The van der Waals surface area contributed by atoms with E-state index in [2.05, 4.69) is 10.3 Å². The fourth-order valence-corrected chi connectivity index (χ4v) is 3.43. The third-order valence-electron chi connectivity index (χ3n) is 5.26. The van der Waals surface area contributed by atoms with E-state index in [4.69, 9.17) is 0 Å². The SMILES string of the molecule is CC(C(=O)Nc1ccc2c(c1)CCC(=O)N2CC1CC1)c1cccnc1. The smallest absolute Gasteiger partial charge is 0.231 e. The molecule has 4 rings (SSSR count). The Kier molecular flexibility index (Phi) is 4.45. The Hall–Kier alpha value is -2.69. The van der Waals surface area contributed by atoms with Gasteiger partial charge < -0.3 is 10.2 Å². The number of benzene rings is 1. The number of amides is 2. The number of carbonyl (C=O) groups is 2. The number of aromatic nitrogens is 1. The number of aryl methyl sites for hydroxylation is 1. The number of nitrogens with zero attached hydrogens (tertiary/aromatic N) is 2. The molecule has 1 aromatic carbocycles. The van der Waals surface area contributed by atoms with Crippen LogP contribution < -0.4 is 10.2 Å². The van der Waals surface area contributed by atoms with Gasteiger partial charge in [0.2, 0.25) is 11.8 Å². The molecular formula is C21H23N3O2. The third-order valence-corrected chi connectivity index (χ3v) is 5.26. The predicted octanol–water partition coefficient (Wildman–Crippen LogP) is 3.51. The lowest BCUT2D eigenvalue weighted by Gasteiger charge is -2.30. The molecule has 134 valence electrons. The van der Waals surface area contributed by atoms with E-state index in [1.54, 1.807) is 12.4 Å². The zero-order valence-electron chi connectivity index (χ0n) is 14.9. The standard InChI is InChI=1S/C21H23N3O2/c1-14(17-3-2-10-22-12-17)21(26)23-18-7-8-19-16(11-18)6-9-20(25)24(19)13-15-4-5-15/h2-3,7-8,10-12,14-15H,4-6,9,13H2,1H3,(H,23,26). The van der Waals surface area contributed by atoms with Crippen LogP contribution in [0.4, 0.5) is 11.4 Å². The summed E-state index contributed by atoms with van der Waals surface area (Å²) >= 11 is 0. The molecule has 0 bridgehead atoms. The summed E-state index contributed by atoms with van der Waals surface area (Å²) in [6.45, 7) is 2.70. The number of anilines is 2. The fraction of sp³-hybridized carbons (Fsp3) is 0.381. The molecule has 0 spiro atoms. The molecule has 1 N–H and O–H groups in total. The minimum atomic E-state index is -0.271. The summed E-state index contributed by atoms with van der Waals surface area (Å²) in [5, 5.41) is 3.00. The van der Waals surface area contributed by atoms with Crippen molar-refractivity contribution in [3.63, 3.8) is 0 Å².